The standard InChI is InChI=1S/C23H32N6O3/c1-5-14(2)24-23(30)32-16-10-9-15(11-16)19-12-21(27-26-19)25-18-8-6-7-17-20(13-31-4)28-29(3)22(17)18/h6-8,12,14-16H,5,9-11,13H2,1-4H3,(H,24,30)(H2,25,26,27)/t14?,15-,16+/m0/s1. The number of aromatic amines is 1. The molecule has 4 rings (SSSR count). The van der Waals surface area contributed by atoms with Crippen molar-refractivity contribution in [2.24, 2.45) is 7.05 Å². The minimum absolute atomic E-state index is 0.0637. The molecule has 0 saturated heterocycles. The number of H-pyrrole nitrogens is 1. The average Bonchev–Trinajstić information content (AvgIpc) is 3.48. The zero-order valence-corrected chi connectivity index (χ0v) is 19.1. The van der Waals surface area contributed by atoms with Crippen LogP contribution in [0.25, 0.3) is 10.9 Å². The summed E-state index contributed by atoms with van der Waals surface area (Å²) in [5, 5.41) is 19.5. The Kier molecular flexibility index (Phi) is 6.64. The van der Waals surface area contributed by atoms with Gasteiger partial charge in [-0.3, -0.25) is 9.78 Å². The largest absolute Gasteiger partial charge is 0.446 e. The van der Waals surface area contributed by atoms with E-state index in [0.717, 1.165) is 59.5 Å². The molecule has 9 heteroatoms. The van der Waals surface area contributed by atoms with Gasteiger partial charge in [-0.05, 0) is 38.7 Å². The Labute approximate surface area is 187 Å². The molecule has 1 fully saturated rings. The second kappa shape index (κ2) is 9.60. The fourth-order valence-corrected chi connectivity index (χ4v) is 4.32. The van der Waals surface area contributed by atoms with Gasteiger partial charge in [-0.25, -0.2) is 4.79 Å². The highest BCUT2D eigenvalue weighted by molar-refractivity contribution is 5.94. The maximum atomic E-state index is 12.0. The first-order chi connectivity index (χ1) is 15.5. The predicted molar refractivity (Wildman–Crippen MR) is 123 cm³/mol. The molecule has 172 valence electrons. The van der Waals surface area contributed by atoms with E-state index in [1.807, 2.05) is 49.8 Å². The van der Waals surface area contributed by atoms with Crippen LogP contribution in [0, 0.1) is 0 Å². The number of aryl methyl sites for hydroxylation is 1. The Morgan fingerprint density at radius 2 is 2.22 bits per heavy atom. The molecule has 3 N–H and O–H groups in total. The number of anilines is 2. The number of aromatic nitrogens is 4. The summed E-state index contributed by atoms with van der Waals surface area (Å²) in [7, 11) is 3.60. The smallest absolute Gasteiger partial charge is 0.407 e. The van der Waals surface area contributed by atoms with Crippen LogP contribution >= 0.6 is 0 Å². The number of ether oxygens (including phenoxy) is 2. The van der Waals surface area contributed by atoms with E-state index in [1.165, 1.54) is 0 Å². The van der Waals surface area contributed by atoms with Gasteiger partial charge >= 0.3 is 6.09 Å². The van der Waals surface area contributed by atoms with Gasteiger partial charge in [0.15, 0.2) is 5.82 Å². The van der Waals surface area contributed by atoms with Crippen LogP contribution in [-0.4, -0.2) is 45.3 Å². The SMILES string of the molecule is CCC(C)NC(=O)O[C@@H]1CC[C@H](c2cc(Nc3cccc4c(COC)nn(C)c34)n[nH]2)C1. The monoisotopic (exact) mass is 440 g/mol. The number of carbonyl (C=O) groups is 1. The van der Waals surface area contributed by atoms with Crippen molar-refractivity contribution < 1.29 is 14.3 Å². The van der Waals surface area contributed by atoms with E-state index in [4.69, 9.17) is 9.47 Å². The van der Waals surface area contributed by atoms with Crippen LogP contribution in [0.15, 0.2) is 24.3 Å². The highest BCUT2D eigenvalue weighted by Crippen LogP contribution is 2.36. The predicted octanol–water partition coefficient (Wildman–Crippen LogP) is 4.35. The molecule has 1 amide bonds. The molecule has 9 nitrogen and oxygen atoms in total. The van der Waals surface area contributed by atoms with Gasteiger partial charge in [0.05, 0.1) is 23.5 Å². The summed E-state index contributed by atoms with van der Waals surface area (Å²) >= 11 is 0. The van der Waals surface area contributed by atoms with Crippen molar-refractivity contribution in [3.05, 3.63) is 35.7 Å². The lowest BCUT2D eigenvalue weighted by molar-refractivity contribution is 0.0974. The molecular weight excluding hydrogens is 408 g/mol. The zero-order chi connectivity index (χ0) is 22.7. The van der Waals surface area contributed by atoms with E-state index in [1.54, 1.807) is 7.11 Å². The van der Waals surface area contributed by atoms with Gasteiger partial charge in [-0.1, -0.05) is 19.1 Å². The number of nitrogens with zero attached hydrogens (tertiary/aromatic N) is 3. The van der Waals surface area contributed by atoms with Crippen molar-refractivity contribution >= 4 is 28.5 Å². The molecule has 2 aromatic heterocycles. The lowest BCUT2D eigenvalue weighted by Crippen LogP contribution is -2.34. The topological polar surface area (TPSA) is 106 Å². The van der Waals surface area contributed by atoms with E-state index >= 15 is 0 Å². The number of amides is 1. The molecule has 32 heavy (non-hydrogen) atoms. The van der Waals surface area contributed by atoms with Crippen LogP contribution < -0.4 is 10.6 Å². The van der Waals surface area contributed by atoms with Crippen LogP contribution in [0.1, 0.15) is 56.8 Å². The molecule has 0 bridgehead atoms. The Morgan fingerprint density at radius 1 is 1.38 bits per heavy atom. The number of benzene rings is 1. The molecule has 0 aliphatic heterocycles. The summed E-state index contributed by atoms with van der Waals surface area (Å²) in [4.78, 5) is 12.0. The maximum absolute atomic E-state index is 12.0. The number of hydrogen-bond donors (Lipinski definition) is 3. The molecule has 1 saturated carbocycles. The van der Waals surface area contributed by atoms with Gasteiger partial charge in [-0.15, -0.1) is 0 Å². The van der Waals surface area contributed by atoms with Crippen molar-refractivity contribution in [1.82, 2.24) is 25.3 Å². The molecule has 0 radical (unpaired) electrons. The number of para-hydroxylation sites is 1. The number of fused-ring (bicyclic) bond motifs is 1. The fraction of sp³-hybridized carbons (Fsp3) is 0.522. The summed E-state index contributed by atoms with van der Waals surface area (Å²) in [5.74, 6) is 1.04. The fourth-order valence-electron chi connectivity index (χ4n) is 4.32. The number of hydrogen-bond acceptors (Lipinski definition) is 6. The van der Waals surface area contributed by atoms with Gasteiger partial charge in [0.25, 0.3) is 0 Å². The summed E-state index contributed by atoms with van der Waals surface area (Å²) < 4.78 is 12.7. The van der Waals surface area contributed by atoms with Crippen molar-refractivity contribution in [2.45, 2.75) is 64.2 Å². The van der Waals surface area contributed by atoms with E-state index in [2.05, 4.69) is 25.9 Å². The first-order valence-corrected chi connectivity index (χ1v) is 11.2. The molecular formula is C23H32N6O3. The van der Waals surface area contributed by atoms with E-state index in [0.29, 0.717) is 12.5 Å². The minimum Gasteiger partial charge on any atom is -0.446 e. The Balaban J connectivity index is 1.41. The average molecular weight is 441 g/mol. The normalized spacial score (nSPS) is 19.2. The van der Waals surface area contributed by atoms with Crippen molar-refractivity contribution in [2.75, 3.05) is 12.4 Å². The maximum Gasteiger partial charge on any atom is 0.407 e. The Hall–Kier alpha value is -3.07. The Bertz CT molecular complexity index is 1080. The third kappa shape index (κ3) is 4.72. The van der Waals surface area contributed by atoms with Crippen LogP contribution in [-0.2, 0) is 23.1 Å². The van der Waals surface area contributed by atoms with E-state index in [9.17, 15) is 4.79 Å². The molecule has 0 spiro atoms. The lowest BCUT2D eigenvalue weighted by Gasteiger charge is -2.16. The molecule has 1 aromatic carbocycles. The first kappa shape index (κ1) is 22.1. The lowest BCUT2D eigenvalue weighted by atomic mass is 10.0. The number of nitrogens with one attached hydrogen (secondary N) is 3. The quantitative estimate of drug-likeness (QED) is 0.481. The molecule has 1 aliphatic rings. The number of carbonyl (C=O) groups excluding carboxylic acids is 1. The van der Waals surface area contributed by atoms with Gasteiger partial charge in [0.1, 0.15) is 6.10 Å². The summed E-state index contributed by atoms with van der Waals surface area (Å²) in [6, 6.07) is 8.23. The second-order valence-corrected chi connectivity index (χ2v) is 8.53. The third-order valence-electron chi connectivity index (χ3n) is 6.16. The van der Waals surface area contributed by atoms with Gasteiger partial charge in [0.2, 0.25) is 0 Å². The van der Waals surface area contributed by atoms with Crippen LogP contribution in [0.5, 0.6) is 0 Å². The molecule has 1 unspecified atom stereocenters. The van der Waals surface area contributed by atoms with E-state index in [-0.39, 0.29) is 18.2 Å². The summed E-state index contributed by atoms with van der Waals surface area (Å²) in [5.41, 5.74) is 3.90. The van der Waals surface area contributed by atoms with Gasteiger partial charge in [-0.2, -0.15) is 10.2 Å². The molecule has 1 aliphatic carbocycles. The minimum atomic E-state index is -0.325. The van der Waals surface area contributed by atoms with Crippen molar-refractivity contribution in [3.8, 4) is 0 Å². The number of rotatable bonds is 8. The van der Waals surface area contributed by atoms with Crippen molar-refractivity contribution in [3.63, 3.8) is 0 Å². The van der Waals surface area contributed by atoms with Crippen LogP contribution in [0.4, 0.5) is 16.3 Å². The molecule has 3 atom stereocenters. The summed E-state index contributed by atoms with van der Waals surface area (Å²) in [6.07, 6.45) is 3.11. The third-order valence-corrected chi connectivity index (χ3v) is 6.16. The molecule has 3 aromatic rings. The van der Waals surface area contributed by atoms with Crippen LogP contribution in [0.2, 0.25) is 0 Å². The van der Waals surface area contributed by atoms with E-state index < -0.39 is 0 Å². The number of alkyl carbamates (subject to hydrolysis) is 1. The first-order valence-electron chi connectivity index (χ1n) is 11.2. The highest BCUT2D eigenvalue weighted by Gasteiger charge is 2.30. The van der Waals surface area contributed by atoms with Crippen LogP contribution in [0.3, 0.4) is 0 Å². The van der Waals surface area contributed by atoms with Crippen molar-refractivity contribution in [1.29, 1.82) is 0 Å². The Morgan fingerprint density at radius 3 is 3.00 bits per heavy atom. The highest BCUT2D eigenvalue weighted by atomic mass is 16.6. The zero-order valence-electron chi connectivity index (χ0n) is 19.1. The van der Waals surface area contributed by atoms with Gasteiger partial charge < -0.3 is 20.1 Å². The van der Waals surface area contributed by atoms with Gasteiger partial charge in [0, 0.05) is 43.3 Å². The second-order valence-electron chi connectivity index (χ2n) is 8.53. The summed E-state index contributed by atoms with van der Waals surface area (Å²) in [6.45, 7) is 4.48. The number of methoxy groups -OCH3 is 1. The molecule has 2 heterocycles.